The second-order valence-corrected chi connectivity index (χ2v) is 5.64. The topological polar surface area (TPSA) is 41.8 Å². The van der Waals surface area contributed by atoms with E-state index in [1.165, 1.54) is 27.6 Å². The zero-order valence-electron chi connectivity index (χ0n) is 11.3. The maximum atomic E-state index is 5.97. The van der Waals surface area contributed by atoms with E-state index in [9.17, 15) is 0 Å². The molecule has 2 aromatic carbocycles. The minimum absolute atomic E-state index is 0.468. The normalized spacial score (nSPS) is 21.2. The minimum atomic E-state index is 0.468. The van der Waals surface area contributed by atoms with Crippen molar-refractivity contribution in [3.63, 3.8) is 0 Å². The van der Waals surface area contributed by atoms with Crippen molar-refractivity contribution in [3.05, 3.63) is 71.4 Å². The van der Waals surface area contributed by atoms with Crippen LogP contribution in [0.1, 0.15) is 34.9 Å². The molecule has 0 fully saturated rings. The third kappa shape index (κ3) is 1.61. The molecule has 1 aliphatic rings. The Morgan fingerprint density at radius 2 is 1.70 bits per heavy atom. The standard InChI is InChI=1S/C18H18N2/c19-10-12-9-16(14-6-2-1-5-13(12)14)17-11-20-18-8-4-3-7-15(17)18/h1-8,11-12,16,20H,9-10,19H2/t12-,16-/m1/s1. The number of hydrogen-bond donors (Lipinski definition) is 2. The van der Waals surface area contributed by atoms with Crippen molar-refractivity contribution < 1.29 is 0 Å². The van der Waals surface area contributed by atoms with Crippen LogP contribution < -0.4 is 5.73 Å². The van der Waals surface area contributed by atoms with Gasteiger partial charge in [-0.05, 0) is 41.6 Å². The van der Waals surface area contributed by atoms with E-state index in [1.54, 1.807) is 0 Å². The van der Waals surface area contributed by atoms with Crippen LogP contribution >= 0.6 is 0 Å². The number of fused-ring (bicyclic) bond motifs is 2. The van der Waals surface area contributed by atoms with E-state index < -0.39 is 0 Å². The summed E-state index contributed by atoms with van der Waals surface area (Å²) in [6.07, 6.45) is 3.29. The SMILES string of the molecule is NC[C@H]1C[C@@H](c2c[nH]c3ccccc23)c2ccccc21. The third-order valence-corrected chi connectivity index (χ3v) is 4.61. The van der Waals surface area contributed by atoms with Crippen molar-refractivity contribution in [3.8, 4) is 0 Å². The van der Waals surface area contributed by atoms with Gasteiger partial charge in [-0.3, -0.25) is 0 Å². The van der Waals surface area contributed by atoms with Crippen LogP contribution in [-0.2, 0) is 0 Å². The quantitative estimate of drug-likeness (QED) is 0.725. The van der Waals surface area contributed by atoms with Crippen LogP contribution in [0.15, 0.2) is 54.7 Å². The number of hydrogen-bond acceptors (Lipinski definition) is 1. The zero-order valence-corrected chi connectivity index (χ0v) is 11.3. The molecule has 1 heterocycles. The minimum Gasteiger partial charge on any atom is -0.361 e. The van der Waals surface area contributed by atoms with Gasteiger partial charge in [0.15, 0.2) is 0 Å². The lowest BCUT2D eigenvalue weighted by Gasteiger charge is -2.11. The highest BCUT2D eigenvalue weighted by molar-refractivity contribution is 5.84. The van der Waals surface area contributed by atoms with Crippen molar-refractivity contribution in [2.75, 3.05) is 6.54 Å². The summed E-state index contributed by atoms with van der Waals surface area (Å²) in [4.78, 5) is 3.40. The molecule has 0 amide bonds. The van der Waals surface area contributed by atoms with Gasteiger partial charge in [0.1, 0.15) is 0 Å². The van der Waals surface area contributed by atoms with Crippen LogP contribution in [0, 0.1) is 0 Å². The van der Waals surface area contributed by atoms with Crippen molar-refractivity contribution in [1.82, 2.24) is 4.98 Å². The van der Waals surface area contributed by atoms with Gasteiger partial charge in [-0.2, -0.15) is 0 Å². The molecule has 100 valence electrons. The number of benzene rings is 2. The van der Waals surface area contributed by atoms with Gasteiger partial charge in [-0.1, -0.05) is 42.5 Å². The number of rotatable bonds is 2. The molecule has 3 N–H and O–H groups in total. The van der Waals surface area contributed by atoms with Gasteiger partial charge in [0, 0.05) is 23.0 Å². The summed E-state index contributed by atoms with van der Waals surface area (Å²) in [6, 6.07) is 17.3. The molecule has 0 spiro atoms. The van der Waals surface area contributed by atoms with E-state index in [-0.39, 0.29) is 0 Å². The molecule has 0 aliphatic heterocycles. The Hall–Kier alpha value is -2.06. The van der Waals surface area contributed by atoms with E-state index in [0.717, 1.165) is 13.0 Å². The highest BCUT2D eigenvalue weighted by atomic mass is 14.7. The van der Waals surface area contributed by atoms with Crippen molar-refractivity contribution >= 4 is 10.9 Å². The molecule has 0 saturated carbocycles. The molecular formula is C18H18N2. The van der Waals surface area contributed by atoms with Crippen LogP contribution in [-0.4, -0.2) is 11.5 Å². The average molecular weight is 262 g/mol. The van der Waals surface area contributed by atoms with Crippen LogP contribution in [0.2, 0.25) is 0 Å². The van der Waals surface area contributed by atoms with Crippen molar-refractivity contribution in [2.24, 2.45) is 5.73 Å². The molecule has 1 aliphatic carbocycles. The molecule has 0 saturated heterocycles. The smallest absolute Gasteiger partial charge is 0.0457 e. The molecule has 3 aromatic rings. The molecule has 0 unspecified atom stereocenters. The first-order valence-electron chi connectivity index (χ1n) is 7.23. The monoisotopic (exact) mass is 262 g/mol. The predicted octanol–water partition coefficient (Wildman–Crippen LogP) is 3.75. The number of aromatic amines is 1. The second kappa shape index (κ2) is 4.50. The van der Waals surface area contributed by atoms with E-state index >= 15 is 0 Å². The van der Waals surface area contributed by atoms with Crippen LogP contribution in [0.25, 0.3) is 10.9 Å². The number of H-pyrrole nitrogens is 1. The van der Waals surface area contributed by atoms with E-state index in [2.05, 4.69) is 59.7 Å². The fraction of sp³-hybridized carbons (Fsp3) is 0.222. The Kier molecular flexibility index (Phi) is 2.64. The van der Waals surface area contributed by atoms with Gasteiger partial charge < -0.3 is 10.7 Å². The van der Waals surface area contributed by atoms with Crippen LogP contribution in [0.5, 0.6) is 0 Å². The third-order valence-electron chi connectivity index (χ3n) is 4.61. The molecule has 4 rings (SSSR count). The molecule has 2 atom stereocenters. The first-order valence-corrected chi connectivity index (χ1v) is 7.23. The first kappa shape index (κ1) is 11.7. The maximum absolute atomic E-state index is 5.97. The zero-order chi connectivity index (χ0) is 13.5. The van der Waals surface area contributed by atoms with Gasteiger partial charge in [-0.15, -0.1) is 0 Å². The lowest BCUT2D eigenvalue weighted by molar-refractivity contribution is 0.647. The summed E-state index contributed by atoms with van der Waals surface area (Å²) >= 11 is 0. The molecule has 20 heavy (non-hydrogen) atoms. The molecular weight excluding hydrogens is 244 g/mol. The van der Waals surface area contributed by atoms with Gasteiger partial charge in [0.25, 0.3) is 0 Å². The molecule has 1 aromatic heterocycles. The fourth-order valence-corrected chi connectivity index (χ4v) is 3.64. The summed E-state index contributed by atoms with van der Waals surface area (Å²) in [5.74, 6) is 0.959. The average Bonchev–Trinajstić information content (AvgIpc) is 3.08. The van der Waals surface area contributed by atoms with E-state index in [4.69, 9.17) is 5.73 Å². The Balaban J connectivity index is 1.88. The second-order valence-electron chi connectivity index (χ2n) is 5.64. The predicted molar refractivity (Wildman–Crippen MR) is 83.0 cm³/mol. The maximum Gasteiger partial charge on any atom is 0.0457 e. The highest BCUT2D eigenvalue weighted by Crippen LogP contribution is 2.46. The van der Waals surface area contributed by atoms with Gasteiger partial charge in [0.05, 0.1) is 0 Å². The lowest BCUT2D eigenvalue weighted by atomic mass is 9.92. The van der Waals surface area contributed by atoms with E-state index in [1.807, 2.05) is 0 Å². The summed E-state index contributed by atoms with van der Waals surface area (Å²) < 4.78 is 0. The highest BCUT2D eigenvalue weighted by Gasteiger charge is 2.31. The summed E-state index contributed by atoms with van der Waals surface area (Å²) in [6.45, 7) is 0.732. The van der Waals surface area contributed by atoms with E-state index in [0.29, 0.717) is 11.8 Å². The van der Waals surface area contributed by atoms with Gasteiger partial charge >= 0.3 is 0 Å². The van der Waals surface area contributed by atoms with Crippen molar-refractivity contribution in [1.29, 1.82) is 0 Å². The summed E-state index contributed by atoms with van der Waals surface area (Å²) in [7, 11) is 0. The Morgan fingerprint density at radius 3 is 2.55 bits per heavy atom. The van der Waals surface area contributed by atoms with Gasteiger partial charge in [0.2, 0.25) is 0 Å². The van der Waals surface area contributed by atoms with Crippen molar-refractivity contribution in [2.45, 2.75) is 18.3 Å². The number of para-hydroxylation sites is 1. The molecule has 2 heteroatoms. The fourth-order valence-electron chi connectivity index (χ4n) is 3.64. The Bertz CT molecular complexity index is 757. The Labute approximate surface area is 118 Å². The molecule has 0 radical (unpaired) electrons. The molecule has 2 nitrogen and oxygen atoms in total. The number of nitrogens with one attached hydrogen (secondary N) is 1. The number of aromatic nitrogens is 1. The largest absolute Gasteiger partial charge is 0.361 e. The Morgan fingerprint density at radius 1 is 0.950 bits per heavy atom. The summed E-state index contributed by atoms with van der Waals surface area (Å²) in [5.41, 5.74) is 11.5. The summed E-state index contributed by atoms with van der Waals surface area (Å²) in [5, 5.41) is 1.34. The lowest BCUT2D eigenvalue weighted by Crippen LogP contribution is -2.09. The number of nitrogens with two attached hydrogens (primary N) is 1. The first-order chi connectivity index (χ1) is 9.88. The van der Waals surface area contributed by atoms with Crippen LogP contribution in [0.3, 0.4) is 0 Å². The van der Waals surface area contributed by atoms with Gasteiger partial charge in [-0.25, -0.2) is 0 Å². The van der Waals surface area contributed by atoms with Crippen LogP contribution in [0.4, 0.5) is 0 Å². The molecule has 0 bridgehead atoms.